The molecule has 0 radical (unpaired) electrons. The van der Waals surface area contributed by atoms with Crippen LogP contribution in [0.15, 0.2) is 53.4 Å². The number of halogens is 6. The minimum atomic E-state index is -4.85. The second-order valence-corrected chi connectivity index (χ2v) is 9.16. The van der Waals surface area contributed by atoms with E-state index in [-0.39, 0.29) is 5.56 Å². The van der Waals surface area contributed by atoms with E-state index in [0.29, 0.717) is 32.5 Å². The molecule has 0 aliphatic heterocycles. The molecule has 4 aromatic rings. The Morgan fingerprint density at radius 1 is 0.944 bits per heavy atom. The minimum absolute atomic E-state index is 0.171. The number of hydrogen-bond donors (Lipinski definition) is 0. The van der Waals surface area contributed by atoms with E-state index in [1.54, 1.807) is 13.8 Å². The number of thioether (sulfide) groups is 1. The highest BCUT2D eigenvalue weighted by Gasteiger charge is 2.32. The highest BCUT2D eigenvalue weighted by Crippen LogP contribution is 2.38. The molecule has 0 atom stereocenters. The van der Waals surface area contributed by atoms with Crippen LogP contribution in [0.1, 0.15) is 27.3 Å². The maximum Gasteiger partial charge on any atom is 0.573 e. The number of carbonyl (C=O) groups excluding carboxylic acids is 1. The summed E-state index contributed by atoms with van der Waals surface area (Å²) in [4.78, 5) is 14.1. The highest BCUT2D eigenvalue weighted by atomic mass is 32.2. The Morgan fingerprint density at radius 2 is 1.58 bits per heavy atom. The molecule has 0 unspecified atom stereocenters. The molecule has 0 fully saturated rings. The average Bonchev–Trinajstić information content (AvgIpc) is 3.35. The SMILES string of the molecule is Cc1nnsc1-c1c(C(=O)Sc2ccc(C(F)(F)F)cc2)c(C)nn1-c1ccc(OC(F)(F)F)cc1. The van der Waals surface area contributed by atoms with Crippen molar-refractivity contribution in [2.75, 3.05) is 0 Å². The van der Waals surface area contributed by atoms with Crippen LogP contribution in [0.5, 0.6) is 5.75 Å². The van der Waals surface area contributed by atoms with Gasteiger partial charge in [-0.2, -0.15) is 18.3 Å². The van der Waals surface area contributed by atoms with Gasteiger partial charge in [0, 0.05) is 4.90 Å². The molecule has 6 nitrogen and oxygen atoms in total. The Balaban J connectivity index is 1.74. The summed E-state index contributed by atoms with van der Waals surface area (Å²) >= 11 is 1.72. The van der Waals surface area contributed by atoms with E-state index in [9.17, 15) is 31.1 Å². The van der Waals surface area contributed by atoms with Gasteiger partial charge in [-0.05, 0) is 85.7 Å². The second kappa shape index (κ2) is 9.58. The number of benzene rings is 2. The van der Waals surface area contributed by atoms with Crippen molar-refractivity contribution in [3.05, 3.63) is 71.0 Å². The van der Waals surface area contributed by atoms with Gasteiger partial charge in [0.1, 0.15) is 5.75 Å². The zero-order chi connectivity index (χ0) is 26.3. The fraction of sp³-hybridized carbons (Fsp3) is 0.182. The van der Waals surface area contributed by atoms with Crippen molar-refractivity contribution in [2.24, 2.45) is 0 Å². The molecule has 0 N–H and O–H groups in total. The number of aromatic nitrogens is 4. The van der Waals surface area contributed by atoms with Crippen molar-refractivity contribution in [3.8, 4) is 22.0 Å². The zero-order valence-electron chi connectivity index (χ0n) is 18.3. The van der Waals surface area contributed by atoms with Gasteiger partial charge in [0.25, 0.3) is 0 Å². The van der Waals surface area contributed by atoms with Gasteiger partial charge in [-0.15, -0.1) is 18.3 Å². The largest absolute Gasteiger partial charge is 0.573 e. The van der Waals surface area contributed by atoms with E-state index in [2.05, 4.69) is 19.4 Å². The lowest BCUT2D eigenvalue weighted by molar-refractivity contribution is -0.274. The molecule has 2 heterocycles. The van der Waals surface area contributed by atoms with Gasteiger partial charge in [0.15, 0.2) is 0 Å². The van der Waals surface area contributed by atoms with Crippen molar-refractivity contribution >= 4 is 28.4 Å². The van der Waals surface area contributed by atoms with E-state index in [0.717, 1.165) is 47.6 Å². The molecule has 2 aromatic heterocycles. The van der Waals surface area contributed by atoms with Crippen molar-refractivity contribution < 1.29 is 35.9 Å². The van der Waals surface area contributed by atoms with E-state index in [1.165, 1.54) is 28.9 Å². The molecular formula is C22H14F6N4O2S2. The molecule has 0 aliphatic carbocycles. The standard InChI is InChI=1S/C22H14F6N4O2S2/c1-11-17(20(33)35-16-9-3-13(4-10-16)21(23,24)25)18(19-12(2)29-31-36-19)32(30-11)14-5-7-15(8-6-14)34-22(26,27)28/h3-10H,1-2H3. The summed E-state index contributed by atoms with van der Waals surface area (Å²) in [5.41, 5.74) is 0.783. The molecule has 0 amide bonds. The number of nitrogens with zero attached hydrogens (tertiary/aromatic N) is 4. The smallest absolute Gasteiger partial charge is 0.406 e. The first-order chi connectivity index (χ1) is 16.8. The number of ether oxygens (including phenoxy) is 1. The number of rotatable bonds is 5. The molecular weight excluding hydrogens is 530 g/mol. The lowest BCUT2D eigenvalue weighted by Gasteiger charge is -2.11. The Morgan fingerprint density at radius 3 is 2.11 bits per heavy atom. The van der Waals surface area contributed by atoms with Crippen LogP contribution in [0.2, 0.25) is 0 Å². The van der Waals surface area contributed by atoms with Crippen LogP contribution in [-0.2, 0) is 6.18 Å². The van der Waals surface area contributed by atoms with Crippen molar-refractivity contribution in [1.29, 1.82) is 0 Å². The topological polar surface area (TPSA) is 69.9 Å². The number of hydrogen-bond acceptors (Lipinski definition) is 7. The predicted molar refractivity (Wildman–Crippen MR) is 120 cm³/mol. The van der Waals surface area contributed by atoms with Crippen molar-refractivity contribution in [1.82, 2.24) is 19.4 Å². The molecule has 36 heavy (non-hydrogen) atoms. The third kappa shape index (κ3) is 5.54. The third-order valence-corrected chi connectivity index (χ3v) is 6.57. The van der Waals surface area contributed by atoms with Crippen LogP contribution in [-0.4, -0.2) is 30.8 Å². The maximum absolute atomic E-state index is 13.3. The predicted octanol–water partition coefficient (Wildman–Crippen LogP) is 6.86. The van der Waals surface area contributed by atoms with E-state index in [4.69, 9.17) is 0 Å². The number of carbonyl (C=O) groups is 1. The van der Waals surface area contributed by atoms with Gasteiger partial charge in [0.05, 0.1) is 38.8 Å². The van der Waals surface area contributed by atoms with Crippen LogP contribution in [0.4, 0.5) is 26.3 Å². The quantitative estimate of drug-likeness (QED) is 0.202. The van der Waals surface area contributed by atoms with Gasteiger partial charge in [-0.1, -0.05) is 4.49 Å². The fourth-order valence-corrected chi connectivity index (χ4v) is 4.80. The molecule has 0 saturated carbocycles. The average molecular weight is 545 g/mol. The molecule has 0 spiro atoms. The van der Waals surface area contributed by atoms with Gasteiger partial charge in [-0.3, -0.25) is 4.79 Å². The summed E-state index contributed by atoms with van der Waals surface area (Å²) in [5, 5.41) is 7.89. The Bertz CT molecular complexity index is 1390. The molecule has 0 aliphatic rings. The number of aryl methyl sites for hydroxylation is 2. The first kappa shape index (κ1) is 25.7. The van der Waals surface area contributed by atoms with Crippen LogP contribution >= 0.6 is 23.3 Å². The molecule has 14 heteroatoms. The first-order valence-electron chi connectivity index (χ1n) is 9.98. The summed E-state index contributed by atoms with van der Waals surface area (Å²) < 4.78 is 85.3. The lowest BCUT2D eigenvalue weighted by atomic mass is 10.1. The normalized spacial score (nSPS) is 12.1. The van der Waals surface area contributed by atoms with E-state index < -0.39 is 29.0 Å². The Kier molecular flexibility index (Phi) is 6.84. The Hall–Kier alpha value is -3.39. The molecule has 4 rings (SSSR count). The van der Waals surface area contributed by atoms with Gasteiger partial charge in [-0.25, -0.2) is 4.68 Å². The van der Waals surface area contributed by atoms with E-state index >= 15 is 0 Å². The third-order valence-electron chi connectivity index (χ3n) is 4.84. The molecule has 0 bridgehead atoms. The molecule has 188 valence electrons. The minimum Gasteiger partial charge on any atom is -0.406 e. The summed E-state index contributed by atoms with van der Waals surface area (Å²) in [7, 11) is 0. The maximum atomic E-state index is 13.3. The van der Waals surface area contributed by atoms with Crippen LogP contribution < -0.4 is 4.74 Å². The van der Waals surface area contributed by atoms with E-state index in [1.807, 2.05) is 0 Å². The molecule has 0 saturated heterocycles. The first-order valence-corrected chi connectivity index (χ1v) is 11.6. The zero-order valence-corrected chi connectivity index (χ0v) is 19.9. The Labute approximate surface area is 208 Å². The summed E-state index contributed by atoms with van der Waals surface area (Å²) in [6.45, 7) is 3.24. The van der Waals surface area contributed by atoms with Crippen molar-refractivity contribution in [3.63, 3.8) is 0 Å². The molecule has 2 aromatic carbocycles. The van der Waals surface area contributed by atoms with Crippen LogP contribution in [0, 0.1) is 13.8 Å². The summed E-state index contributed by atoms with van der Waals surface area (Å²) in [6, 6.07) is 9.08. The van der Waals surface area contributed by atoms with Crippen LogP contribution in [0.3, 0.4) is 0 Å². The lowest BCUT2D eigenvalue weighted by Crippen LogP contribution is -2.17. The fourth-order valence-electron chi connectivity index (χ4n) is 3.28. The summed E-state index contributed by atoms with van der Waals surface area (Å²) in [5.74, 6) is -0.429. The number of alkyl halides is 6. The van der Waals surface area contributed by atoms with Gasteiger partial charge in [0.2, 0.25) is 5.12 Å². The van der Waals surface area contributed by atoms with Crippen molar-refractivity contribution in [2.45, 2.75) is 31.3 Å². The van der Waals surface area contributed by atoms with Crippen LogP contribution in [0.25, 0.3) is 16.3 Å². The van der Waals surface area contributed by atoms with Gasteiger partial charge >= 0.3 is 12.5 Å². The second-order valence-electron chi connectivity index (χ2n) is 7.36. The summed E-state index contributed by atoms with van der Waals surface area (Å²) in [6.07, 6.45) is -9.36. The highest BCUT2D eigenvalue weighted by molar-refractivity contribution is 8.14. The van der Waals surface area contributed by atoms with Gasteiger partial charge < -0.3 is 4.74 Å². The monoisotopic (exact) mass is 544 g/mol.